The molecule has 0 saturated carbocycles. The van der Waals surface area contributed by atoms with E-state index in [9.17, 15) is 9.59 Å². The van der Waals surface area contributed by atoms with E-state index in [0.717, 1.165) is 0 Å². The second kappa shape index (κ2) is 7.00. The number of rotatable bonds is 7. The van der Waals surface area contributed by atoms with Crippen molar-refractivity contribution in [1.29, 1.82) is 0 Å². The lowest BCUT2D eigenvalue weighted by Crippen LogP contribution is -2.48. The predicted molar refractivity (Wildman–Crippen MR) is 61.8 cm³/mol. The number of carbonyl (C=O) groups is 2. The van der Waals surface area contributed by atoms with Crippen LogP contribution < -0.4 is 11.1 Å². The number of carboxylic acids is 1. The highest BCUT2D eigenvalue weighted by Crippen LogP contribution is 2.05. The molecule has 0 saturated heterocycles. The summed E-state index contributed by atoms with van der Waals surface area (Å²) >= 11 is 0. The van der Waals surface area contributed by atoms with E-state index in [1.807, 2.05) is 13.8 Å². The lowest BCUT2D eigenvalue weighted by Gasteiger charge is -2.18. The molecule has 0 aliphatic rings. The summed E-state index contributed by atoms with van der Waals surface area (Å²) in [5.74, 6) is -1.29. The first-order chi connectivity index (χ1) is 7.38. The van der Waals surface area contributed by atoms with E-state index < -0.39 is 24.0 Å². The number of hydrogen-bond donors (Lipinski definition) is 3. The zero-order valence-corrected chi connectivity index (χ0v) is 9.77. The number of carbonyl (C=O) groups excluding carboxylic acids is 1. The van der Waals surface area contributed by atoms with Crippen molar-refractivity contribution in [1.82, 2.24) is 5.32 Å². The third kappa shape index (κ3) is 5.50. The summed E-state index contributed by atoms with van der Waals surface area (Å²) in [6.45, 7) is 7.26. The summed E-state index contributed by atoms with van der Waals surface area (Å²) in [6.07, 6.45) is 2.25. The molecule has 0 aromatic heterocycles. The van der Waals surface area contributed by atoms with Crippen LogP contribution in [0.3, 0.4) is 0 Å². The van der Waals surface area contributed by atoms with Crippen LogP contribution in [0.1, 0.15) is 26.7 Å². The van der Waals surface area contributed by atoms with Crippen LogP contribution in [0.2, 0.25) is 0 Å². The maximum absolute atomic E-state index is 11.5. The van der Waals surface area contributed by atoms with Crippen molar-refractivity contribution in [3.8, 4) is 0 Å². The normalized spacial score (nSPS) is 14.2. The van der Waals surface area contributed by atoms with Crippen LogP contribution in [0.15, 0.2) is 12.7 Å². The van der Waals surface area contributed by atoms with Gasteiger partial charge in [-0.15, -0.1) is 6.58 Å². The SMILES string of the molecule is C=CCC(N)C(=O)N[C@H](CC(C)C)C(=O)O. The minimum absolute atomic E-state index is 0.192. The Bertz CT molecular complexity index is 264. The zero-order chi connectivity index (χ0) is 12.7. The number of hydrogen-bond acceptors (Lipinski definition) is 3. The van der Waals surface area contributed by atoms with Gasteiger partial charge in [0, 0.05) is 0 Å². The van der Waals surface area contributed by atoms with Gasteiger partial charge in [-0.1, -0.05) is 19.9 Å². The van der Waals surface area contributed by atoms with Gasteiger partial charge in [-0.05, 0) is 18.8 Å². The van der Waals surface area contributed by atoms with E-state index in [1.54, 1.807) is 0 Å². The second-order valence-corrected chi connectivity index (χ2v) is 4.16. The quantitative estimate of drug-likeness (QED) is 0.553. The van der Waals surface area contributed by atoms with Gasteiger partial charge in [0.15, 0.2) is 0 Å². The van der Waals surface area contributed by atoms with E-state index in [4.69, 9.17) is 10.8 Å². The summed E-state index contributed by atoms with van der Waals surface area (Å²) in [7, 11) is 0. The lowest BCUT2D eigenvalue weighted by atomic mass is 10.0. The van der Waals surface area contributed by atoms with Crippen LogP contribution in [0.4, 0.5) is 0 Å². The molecule has 1 unspecified atom stereocenters. The van der Waals surface area contributed by atoms with Crippen molar-refractivity contribution in [2.45, 2.75) is 38.8 Å². The summed E-state index contributed by atoms with van der Waals surface area (Å²) < 4.78 is 0. The fourth-order valence-electron chi connectivity index (χ4n) is 1.26. The highest BCUT2D eigenvalue weighted by molar-refractivity contribution is 5.86. The van der Waals surface area contributed by atoms with Gasteiger partial charge in [-0.2, -0.15) is 0 Å². The van der Waals surface area contributed by atoms with Crippen LogP contribution in [-0.4, -0.2) is 29.1 Å². The minimum atomic E-state index is -1.03. The molecule has 0 bridgehead atoms. The molecule has 0 heterocycles. The summed E-state index contributed by atoms with van der Waals surface area (Å²) in [5, 5.41) is 11.3. The van der Waals surface area contributed by atoms with Crippen molar-refractivity contribution in [2.75, 3.05) is 0 Å². The van der Waals surface area contributed by atoms with Crippen molar-refractivity contribution >= 4 is 11.9 Å². The van der Waals surface area contributed by atoms with Gasteiger partial charge in [0.1, 0.15) is 6.04 Å². The monoisotopic (exact) mass is 228 g/mol. The largest absolute Gasteiger partial charge is 0.480 e. The molecule has 0 aliphatic carbocycles. The average molecular weight is 228 g/mol. The predicted octanol–water partition coefficient (Wildman–Crippen LogP) is 0.505. The average Bonchev–Trinajstić information content (AvgIpc) is 2.16. The Morgan fingerprint density at radius 3 is 2.44 bits per heavy atom. The number of nitrogens with one attached hydrogen (secondary N) is 1. The van der Waals surface area contributed by atoms with Gasteiger partial charge < -0.3 is 16.2 Å². The Hall–Kier alpha value is -1.36. The molecular formula is C11H20N2O3. The van der Waals surface area contributed by atoms with E-state index in [0.29, 0.717) is 12.8 Å². The Kier molecular flexibility index (Phi) is 6.41. The molecule has 0 radical (unpaired) electrons. The molecule has 4 N–H and O–H groups in total. The maximum atomic E-state index is 11.5. The fraction of sp³-hybridized carbons (Fsp3) is 0.636. The van der Waals surface area contributed by atoms with Gasteiger partial charge in [0.2, 0.25) is 5.91 Å². The lowest BCUT2D eigenvalue weighted by molar-refractivity contribution is -0.142. The zero-order valence-electron chi connectivity index (χ0n) is 9.77. The van der Waals surface area contributed by atoms with Gasteiger partial charge >= 0.3 is 5.97 Å². The van der Waals surface area contributed by atoms with Crippen molar-refractivity contribution in [2.24, 2.45) is 11.7 Å². The van der Waals surface area contributed by atoms with Gasteiger partial charge in [-0.3, -0.25) is 4.79 Å². The summed E-state index contributed by atoms with van der Waals surface area (Å²) in [5.41, 5.74) is 5.53. The van der Waals surface area contributed by atoms with Gasteiger partial charge in [0.25, 0.3) is 0 Å². The molecule has 2 atom stereocenters. The van der Waals surface area contributed by atoms with Crippen LogP contribution in [0, 0.1) is 5.92 Å². The topological polar surface area (TPSA) is 92.4 Å². The first-order valence-electron chi connectivity index (χ1n) is 5.28. The first-order valence-corrected chi connectivity index (χ1v) is 5.28. The van der Waals surface area contributed by atoms with E-state index in [-0.39, 0.29) is 5.92 Å². The molecule has 1 amide bonds. The Morgan fingerprint density at radius 1 is 1.50 bits per heavy atom. The minimum Gasteiger partial charge on any atom is -0.480 e. The third-order valence-electron chi connectivity index (χ3n) is 2.08. The van der Waals surface area contributed by atoms with Crippen LogP contribution in [0.5, 0.6) is 0 Å². The Labute approximate surface area is 95.7 Å². The Morgan fingerprint density at radius 2 is 2.06 bits per heavy atom. The smallest absolute Gasteiger partial charge is 0.326 e. The standard InChI is InChI=1S/C11H20N2O3/c1-4-5-8(12)10(14)13-9(11(15)16)6-7(2)3/h4,7-9H,1,5-6,12H2,2-3H3,(H,13,14)(H,15,16)/t8?,9-/m1/s1. The van der Waals surface area contributed by atoms with Crippen LogP contribution in [-0.2, 0) is 9.59 Å². The van der Waals surface area contributed by atoms with Crippen molar-refractivity contribution in [3.05, 3.63) is 12.7 Å². The molecule has 0 aromatic rings. The highest BCUT2D eigenvalue weighted by atomic mass is 16.4. The van der Waals surface area contributed by atoms with E-state index >= 15 is 0 Å². The number of aliphatic carboxylic acids is 1. The molecule has 0 spiro atoms. The van der Waals surface area contributed by atoms with Crippen LogP contribution in [0.25, 0.3) is 0 Å². The molecule has 5 heteroatoms. The number of nitrogens with two attached hydrogens (primary N) is 1. The molecule has 0 aliphatic heterocycles. The molecule has 5 nitrogen and oxygen atoms in total. The molecule has 0 fully saturated rings. The van der Waals surface area contributed by atoms with Crippen molar-refractivity contribution in [3.63, 3.8) is 0 Å². The van der Waals surface area contributed by atoms with E-state index in [1.165, 1.54) is 6.08 Å². The number of carboxylic acid groups (broad SMARTS) is 1. The summed E-state index contributed by atoms with van der Waals surface area (Å²) in [4.78, 5) is 22.4. The molecule has 0 aromatic carbocycles. The van der Waals surface area contributed by atoms with Gasteiger partial charge in [0.05, 0.1) is 6.04 Å². The van der Waals surface area contributed by atoms with Crippen LogP contribution >= 0.6 is 0 Å². The molecule has 92 valence electrons. The first kappa shape index (κ1) is 14.6. The molecule has 0 rings (SSSR count). The number of amides is 1. The maximum Gasteiger partial charge on any atom is 0.326 e. The highest BCUT2D eigenvalue weighted by Gasteiger charge is 2.23. The Balaban J connectivity index is 4.33. The second-order valence-electron chi connectivity index (χ2n) is 4.16. The fourth-order valence-corrected chi connectivity index (χ4v) is 1.26. The molecular weight excluding hydrogens is 208 g/mol. The van der Waals surface area contributed by atoms with Gasteiger partial charge in [-0.25, -0.2) is 4.79 Å². The van der Waals surface area contributed by atoms with E-state index in [2.05, 4.69) is 11.9 Å². The van der Waals surface area contributed by atoms with Crippen molar-refractivity contribution < 1.29 is 14.7 Å². The third-order valence-corrected chi connectivity index (χ3v) is 2.08. The summed E-state index contributed by atoms with van der Waals surface area (Å²) in [6, 6.07) is -1.60. The molecule has 16 heavy (non-hydrogen) atoms.